The molecule has 7 heteroatoms. The Morgan fingerprint density at radius 1 is 1.09 bits per heavy atom. The first-order valence-electron chi connectivity index (χ1n) is 12.2. The average molecular weight is 477 g/mol. The van der Waals surface area contributed by atoms with Gasteiger partial charge in [-0.15, -0.1) is 0 Å². The maximum Gasteiger partial charge on any atom is 0.222 e. The van der Waals surface area contributed by atoms with E-state index in [0.29, 0.717) is 23.7 Å². The molecule has 1 saturated carbocycles. The normalized spacial score (nSPS) is 13.6. The summed E-state index contributed by atoms with van der Waals surface area (Å²) in [5, 5.41) is 7.43. The highest BCUT2D eigenvalue weighted by molar-refractivity contribution is 5.87. The molecule has 3 aromatic rings. The van der Waals surface area contributed by atoms with Gasteiger partial charge >= 0.3 is 0 Å². The Morgan fingerprint density at radius 2 is 1.83 bits per heavy atom. The van der Waals surface area contributed by atoms with Crippen LogP contribution in [0.4, 0.5) is 10.2 Å². The minimum absolute atomic E-state index is 0.0249. The Kier molecular flexibility index (Phi) is 7.15. The molecule has 184 valence electrons. The molecule has 0 unspecified atom stereocenters. The number of carbonyl (C=O) groups is 2. The minimum atomic E-state index is -0.381. The fraction of sp³-hybridized carbons (Fsp3) is 0.429. The molecular weight excluding hydrogens is 443 g/mol. The molecular formula is C28H33FN4O2. The van der Waals surface area contributed by atoms with Gasteiger partial charge < -0.3 is 5.32 Å². The molecule has 0 spiro atoms. The van der Waals surface area contributed by atoms with E-state index >= 15 is 0 Å². The van der Waals surface area contributed by atoms with Crippen molar-refractivity contribution in [2.45, 2.75) is 71.8 Å². The zero-order chi connectivity index (χ0) is 25.2. The van der Waals surface area contributed by atoms with Gasteiger partial charge in [-0.1, -0.05) is 32.9 Å². The quantitative estimate of drug-likeness (QED) is 0.470. The predicted octanol–water partition coefficient (Wildman–Crippen LogP) is 5.03. The summed E-state index contributed by atoms with van der Waals surface area (Å²) in [7, 11) is 0. The van der Waals surface area contributed by atoms with Crippen LogP contribution in [0, 0.1) is 11.7 Å². The number of benzene rings is 1. The van der Waals surface area contributed by atoms with Crippen LogP contribution in [0.2, 0.25) is 0 Å². The first kappa shape index (κ1) is 24.8. The van der Waals surface area contributed by atoms with Gasteiger partial charge in [0.15, 0.2) is 0 Å². The van der Waals surface area contributed by atoms with Crippen LogP contribution in [-0.4, -0.2) is 26.5 Å². The Hall–Kier alpha value is -3.35. The van der Waals surface area contributed by atoms with Crippen molar-refractivity contribution in [1.82, 2.24) is 14.8 Å². The second kappa shape index (κ2) is 10.1. The second-order valence-corrected chi connectivity index (χ2v) is 10.6. The lowest BCUT2D eigenvalue weighted by Gasteiger charge is -2.14. The van der Waals surface area contributed by atoms with E-state index in [0.717, 1.165) is 29.1 Å². The molecule has 1 aliphatic rings. The maximum absolute atomic E-state index is 14.9. The number of nitrogens with zero attached hydrogens (tertiary/aromatic N) is 3. The lowest BCUT2D eigenvalue weighted by atomic mass is 9.92. The third kappa shape index (κ3) is 6.84. The molecule has 0 aliphatic heterocycles. The number of carbonyl (C=O) groups excluding carboxylic acids is 2. The van der Waals surface area contributed by atoms with Gasteiger partial charge in [0.05, 0.1) is 5.69 Å². The topological polar surface area (TPSA) is 76.9 Å². The minimum Gasteiger partial charge on any atom is -0.311 e. The molecule has 6 nitrogen and oxygen atoms in total. The van der Waals surface area contributed by atoms with E-state index in [4.69, 9.17) is 5.10 Å². The molecule has 0 saturated heterocycles. The van der Waals surface area contributed by atoms with Gasteiger partial charge in [-0.05, 0) is 66.1 Å². The number of hydrogen-bond acceptors (Lipinski definition) is 4. The van der Waals surface area contributed by atoms with Gasteiger partial charge in [0.1, 0.15) is 17.4 Å². The van der Waals surface area contributed by atoms with Gasteiger partial charge in [0.2, 0.25) is 5.91 Å². The molecule has 2 aromatic heterocycles. The number of pyridine rings is 1. The molecule has 2 heterocycles. The molecule has 35 heavy (non-hydrogen) atoms. The summed E-state index contributed by atoms with van der Waals surface area (Å²) >= 11 is 0. The van der Waals surface area contributed by atoms with E-state index in [1.165, 1.54) is 25.8 Å². The SMILES string of the molecule is CC(=O)Nc1cc(Cc2ccc(CC(=O)Cc3cc(C(C)(C)C)nn3CC3CC3)c(F)c2)ccn1. The van der Waals surface area contributed by atoms with Crippen molar-refractivity contribution in [3.63, 3.8) is 0 Å². The second-order valence-electron chi connectivity index (χ2n) is 10.6. The first-order valence-corrected chi connectivity index (χ1v) is 12.2. The summed E-state index contributed by atoms with van der Waals surface area (Å²) in [6.07, 6.45) is 4.83. The molecule has 1 fully saturated rings. The van der Waals surface area contributed by atoms with E-state index in [1.807, 2.05) is 22.9 Å². The molecule has 1 aromatic carbocycles. The molecule has 1 N–H and O–H groups in total. The Morgan fingerprint density at radius 3 is 2.49 bits per heavy atom. The number of aromatic nitrogens is 3. The summed E-state index contributed by atoms with van der Waals surface area (Å²) < 4.78 is 16.9. The van der Waals surface area contributed by atoms with E-state index < -0.39 is 0 Å². The number of hydrogen-bond donors (Lipinski definition) is 1. The fourth-order valence-corrected chi connectivity index (χ4v) is 4.06. The summed E-state index contributed by atoms with van der Waals surface area (Å²) in [4.78, 5) is 28.3. The van der Waals surface area contributed by atoms with Crippen LogP contribution in [0.3, 0.4) is 0 Å². The number of nitrogens with one attached hydrogen (secondary N) is 1. The third-order valence-corrected chi connectivity index (χ3v) is 6.18. The molecule has 1 aliphatic carbocycles. The van der Waals surface area contributed by atoms with E-state index in [9.17, 15) is 14.0 Å². The summed E-state index contributed by atoms with van der Waals surface area (Å²) in [5.41, 5.74) is 3.90. The number of halogens is 1. The lowest BCUT2D eigenvalue weighted by molar-refractivity contribution is -0.118. The monoisotopic (exact) mass is 476 g/mol. The summed E-state index contributed by atoms with van der Waals surface area (Å²) in [6, 6.07) is 10.7. The Bertz CT molecular complexity index is 1240. The van der Waals surface area contributed by atoms with Gasteiger partial charge in [-0.2, -0.15) is 5.10 Å². The maximum atomic E-state index is 14.9. The van der Waals surface area contributed by atoms with Crippen LogP contribution in [0.25, 0.3) is 0 Å². The van der Waals surface area contributed by atoms with Crippen molar-refractivity contribution in [3.8, 4) is 0 Å². The van der Waals surface area contributed by atoms with Gasteiger partial charge in [-0.25, -0.2) is 9.37 Å². The molecule has 0 radical (unpaired) electrons. The van der Waals surface area contributed by atoms with Crippen LogP contribution in [0.15, 0.2) is 42.6 Å². The zero-order valence-electron chi connectivity index (χ0n) is 20.9. The van der Waals surface area contributed by atoms with Gasteiger partial charge in [0, 0.05) is 43.6 Å². The van der Waals surface area contributed by atoms with Gasteiger partial charge in [-0.3, -0.25) is 14.3 Å². The standard InChI is InChI=1S/C28H33FN4O2/c1-18(34)31-27-13-21(9-10-30-27)11-20-7-8-22(25(29)12-20)14-24(35)15-23-16-26(28(2,3)4)32-33(23)17-19-5-6-19/h7-10,12-13,16,19H,5-6,11,14-15,17H2,1-4H3,(H,30,31,34). The molecule has 1 amide bonds. The molecule has 4 rings (SSSR count). The van der Waals surface area contributed by atoms with E-state index in [1.54, 1.807) is 18.3 Å². The number of anilines is 1. The van der Waals surface area contributed by atoms with E-state index in [2.05, 4.69) is 31.1 Å². The van der Waals surface area contributed by atoms with Crippen molar-refractivity contribution in [1.29, 1.82) is 0 Å². The van der Waals surface area contributed by atoms with Crippen LogP contribution in [-0.2, 0) is 40.8 Å². The van der Waals surface area contributed by atoms with Crippen molar-refractivity contribution >= 4 is 17.5 Å². The Labute approximate surface area is 206 Å². The Balaban J connectivity index is 1.42. The number of rotatable bonds is 9. The average Bonchev–Trinajstić information content (AvgIpc) is 3.48. The van der Waals surface area contributed by atoms with Crippen molar-refractivity contribution in [2.24, 2.45) is 5.92 Å². The third-order valence-electron chi connectivity index (χ3n) is 6.18. The summed E-state index contributed by atoms with van der Waals surface area (Å²) in [5.74, 6) is 0.515. The molecule has 0 bridgehead atoms. The fourth-order valence-electron chi connectivity index (χ4n) is 4.06. The van der Waals surface area contributed by atoms with Crippen molar-refractivity contribution in [3.05, 3.63) is 76.5 Å². The van der Waals surface area contributed by atoms with Crippen LogP contribution in [0.5, 0.6) is 0 Å². The number of Topliss-reactive ketones (excluding diaryl/α,β-unsaturated/α-hetero) is 1. The van der Waals surface area contributed by atoms with Crippen molar-refractivity contribution in [2.75, 3.05) is 5.32 Å². The highest BCUT2D eigenvalue weighted by Gasteiger charge is 2.26. The van der Waals surface area contributed by atoms with E-state index in [-0.39, 0.29) is 35.8 Å². The highest BCUT2D eigenvalue weighted by Crippen LogP contribution is 2.32. The first-order chi connectivity index (χ1) is 16.6. The van der Waals surface area contributed by atoms with Crippen molar-refractivity contribution < 1.29 is 14.0 Å². The summed E-state index contributed by atoms with van der Waals surface area (Å²) in [6.45, 7) is 8.62. The largest absolute Gasteiger partial charge is 0.311 e. The molecule has 0 atom stereocenters. The highest BCUT2D eigenvalue weighted by atomic mass is 19.1. The van der Waals surface area contributed by atoms with Crippen LogP contribution >= 0.6 is 0 Å². The van der Waals surface area contributed by atoms with Gasteiger partial charge in [0.25, 0.3) is 0 Å². The zero-order valence-corrected chi connectivity index (χ0v) is 20.9. The number of ketones is 1. The predicted molar refractivity (Wildman–Crippen MR) is 134 cm³/mol. The van der Waals surface area contributed by atoms with Crippen LogP contribution in [0.1, 0.15) is 68.6 Å². The number of amides is 1. The smallest absolute Gasteiger partial charge is 0.222 e. The lowest BCUT2D eigenvalue weighted by Crippen LogP contribution is -2.15. The van der Waals surface area contributed by atoms with Crippen LogP contribution < -0.4 is 5.32 Å².